The van der Waals surface area contributed by atoms with Crippen molar-refractivity contribution < 1.29 is 24.1 Å². The van der Waals surface area contributed by atoms with E-state index in [1.54, 1.807) is 19.2 Å². The molecule has 0 saturated carbocycles. The molecule has 0 aromatic heterocycles. The molecule has 0 saturated heterocycles. The first-order chi connectivity index (χ1) is 8.66. The van der Waals surface area contributed by atoms with Crippen molar-refractivity contribution in [2.75, 3.05) is 39.3 Å². The van der Waals surface area contributed by atoms with Gasteiger partial charge in [0.05, 0.1) is 31.1 Å². The molecule has 0 aliphatic carbocycles. The van der Waals surface area contributed by atoms with Crippen molar-refractivity contribution >= 4 is 11.7 Å². The first-order valence-corrected chi connectivity index (χ1v) is 5.48. The zero-order valence-corrected chi connectivity index (χ0v) is 10.2. The maximum atomic E-state index is 10.8. The van der Waals surface area contributed by atoms with E-state index in [1.165, 1.54) is 6.07 Å². The number of carbonyl (C=O) groups is 1. The SMILES string of the molecule is COCCOCCOc1cccc(C(=O)O)c1N. The van der Waals surface area contributed by atoms with Gasteiger partial charge in [-0.1, -0.05) is 6.07 Å². The van der Waals surface area contributed by atoms with Gasteiger partial charge < -0.3 is 25.1 Å². The minimum absolute atomic E-state index is 0.0350. The van der Waals surface area contributed by atoms with E-state index in [0.29, 0.717) is 32.2 Å². The van der Waals surface area contributed by atoms with Crippen LogP contribution in [0.2, 0.25) is 0 Å². The van der Waals surface area contributed by atoms with E-state index in [9.17, 15) is 4.79 Å². The fourth-order valence-electron chi connectivity index (χ4n) is 1.31. The van der Waals surface area contributed by atoms with Crippen molar-refractivity contribution in [1.82, 2.24) is 0 Å². The molecule has 0 spiro atoms. The van der Waals surface area contributed by atoms with Crippen molar-refractivity contribution in [3.8, 4) is 5.75 Å². The second kappa shape index (κ2) is 7.52. The lowest BCUT2D eigenvalue weighted by Gasteiger charge is -2.10. The average Bonchev–Trinajstić information content (AvgIpc) is 2.35. The summed E-state index contributed by atoms with van der Waals surface area (Å²) in [5, 5.41) is 8.88. The molecule has 3 N–H and O–H groups in total. The number of hydrogen-bond acceptors (Lipinski definition) is 5. The summed E-state index contributed by atoms with van der Waals surface area (Å²) in [6.07, 6.45) is 0. The van der Waals surface area contributed by atoms with Gasteiger partial charge in [-0.15, -0.1) is 0 Å². The minimum atomic E-state index is -1.07. The van der Waals surface area contributed by atoms with Gasteiger partial charge >= 0.3 is 5.97 Å². The van der Waals surface area contributed by atoms with Crippen molar-refractivity contribution in [2.45, 2.75) is 0 Å². The number of anilines is 1. The third kappa shape index (κ3) is 4.23. The Morgan fingerprint density at radius 2 is 2.00 bits per heavy atom. The summed E-state index contributed by atoms with van der Waals surface area (Å²) < 4.78 is 15.4. The van der Waals surface area contributed by atoms with Gasteiger partial charge in [0.2, 0.25) is 0 Å². The predicted octanol–water partition coefficient (Wildman–Crippen LogP) is 1.01. The second-order valence-corrected chi connectivity index (χ2v) is 3.48. The van der Waals surface area contributed by atoms with Gasteiger partial charge in [-0.05, 0) is 12.1 Å². The number of carboxylic acids is 1. The second-order valence-electron chi connectivity index (χ2n) is 3.48. The Bertz CT molecular complexity index is 394. The fourth-order valence-corrected chi connectivity index (χ4v) is 1.31. The van der Waals surface area contributed by atoms with Crippen LogP contribution in [0.5, 0.6) is 5.75 Å². The Labute approximate surface area is 105 Å². The number of para-hydroxylation sites is 1. The summed E-state index contributed by atoms with van der Waals surface area (Å²) in [4.78, 5) is 10.8. The Balaban J connectivity index is 2.43. The molecule has 0 radical (unpaired) electrons. The van der Waals surface area contributed by atoms with Gasteiger partial charge in [0.25, 0.3) is 0 Å². The summed E-state index contributed by atoms with van der Waals surface area (Å²) in [5.74, 6) is -0.723. The molecular formula is C12H17NO5. The molecule has 1 aromatic carbocycles. The molecule has 0 amide bonds. The van der Waals surface area contributed by atoms with Crippen molar-refractivity contribution in [3.63, 3.8) is 0 Å². The van der Waals surface area contributed by atoms with Crippen molar-refractivity contribution in [3.05, 3.63) is 23.8 Å². The van der Waals surface area contributed by atoms with Crippen molar-refractivity contribution in [2.24, 2.45) is 0 Å². The number of nitrogen functional groups attached to an aromatic ring is 1. The molecule has 100 valence electrons. The lowest BCUT2D eigenvalue weighted by molar-refractivity contribution is 0.0545. The van der Waals surface area contributed by atoms with Crippen LogP contribution in [0.1, 0.15) is 10.4 Å². The van der Waals surface area contributed by atoms with Crippen LogP contribution in [-0.4, -0.2) is 44.6 Å². The topological polar surface area (TPSA) is 91.0 Å². The summed E-state index contributed by atoms with van der Waals surface area (Å²) >= 11 is 0. The summed E-state index contributed by atoms with van der Waals surface area (Å²) in [7, 11) is 1.60. The first-order valence-electron chi connectivity index (χ1n) is 5.48. The molecule has 18 heavy (non-hydrogen) atoms. The predicted molar refractivity (Wildman–Crippen MR) is 66.0 cm³/mol. The smallest absolute Gasteiger partial charge is 0.337 e. The van der Waals surface area contributed by atoms with Crippen molar-refractivity contribution in [1.29, 1.82) is 0 Å². The van der Waals surface area contributed by atoms with Crippen LogP contribution in [0.4, 0.5) is 5.69 Å². The number of benzene rings is 1. The zero-order chi connectivity index (χ0) is 13.4. The average molecular weight is 255 g/mol. The van der Waals surface area contributed by atoms with E-state index in [-0.39, 0.29) is 11.3 Å². The van der Waals surface area contributed by atoms with E-state index in [1.807, 2.05) is 0 Å². The van der Waals surface area contributed by atoms with Crippen LogP contribution in [-0.2, 0) is 9.47 Å². The van der Waals surface area contributed by atoms with Gasteiger partial charge in [-0.25, -0.2) is 4.79 Å². The third-order valence-electron chi connectivity index (χ3n) is 2.21. The number of hydrogen-bond donors (Lipinski definition) is 2. The highest BCUT2D eigenvalue weighted by Crippen LogP contribution is 2.24. The molecule has 0 heterocycles. The highest BCUT2D eigenvalue weighted by molar-refractivity contribution is 5.95. The van der Waals surface area contributed by atoms with Crippen LogP contribution in [0.25, 0.3) is 0 Å². The zero-order valence-electron chi connectivity index (χ0n) is 10.2. The van der Waals surface area contributed by atoms with Crippen LogP contribution >= 0.6 is 0 Å². The third-order valence-corrected chi connectivity index (χ3v) is 2.21. The number of carboxylic acid groups (broad SMARTS) is 1. The number of aromatic carboxylic acids is 1. The van der Waals surface area contributed by atoms with Gasteiger partial charge in [0, 0.05) is 7.11 Å². The molecule has 6 nitrogen and oxygen atoms in total. The number of rotatable bonds is 8. The Morgan fingerprint density at radius 3 is 2.67 bits per heavy atom. The first kappa shape index (κ1) is 14.3. The molecular weight excluding hydrogens is 238 g/mol. The van der Waals surface area contributed by atoms with E-state index < -0.39 is 5.97 Å². The normalized spacial score (nSPS) is 10.3. The van der Waals surface area contributed by atoms with E-state index in [2.05, 4.69) is 0 Å². The Kier molecular flexibility index (Phi) is 5.96. The molecule has 0 fully saturated rings. The van der Waals surface area contributed by atoms with Gasteiger partial charge in [0.15, 0.2) is 0 Å². The monoisotopic (exact) mass is 255 g/mol. The molecule has 1 rings (SSSR count). The van der Waals surface area contributed by atoms with E-state index in [4.69, 9.17) is 25.1 Å². The Morgan fingerprint density at radius 1 is 1.28 bits per heavy atom. The van der Waals surface area contributed by atoms with Gasteiger partial charge in [0.1, 0.15) is 12.4 Å². The molecule has 0 aliphatic rings. The Hall–Kier alpha value is -1.79. The van der Waals surface area contributed by atoms with Crippen LogP contribution in [0, 0.1) is 0 Å². The molecule has 0 unspecified atom stereocenters. The number of nitrogens with two attached hydrogens (primary N) is 1. The minimum Gasteiger partial charge on any atom is -0.489 e. The van der Waals surface area contributed by atoms with E-state index >= 15 is 0 Å². The van der Waals surface area contributed by atoms with Crippen LogP contribution in [0.3, 0.4) is 0 Å². The molecule has 0 bridgehead atoms. The van der Waals surface area contributed by atoms with Gasteiger partial charge in [-0.3, -0.25) is 0 Å². The number of ether oxygens (including phenoxy) is 3. The lowest BCUT2D eigenvalue weighted by atomic mass is 10.1. The molecule has 6 heteroatoms. The quantitative estimate of drug-likeness (QED) is 0.532. The molecule has 0 aliphatic heterocycles. The largest absolute Gasteiger partial charge is 0.489 e. The fraction of sp³-hybridized carbons (Fsp3) is 0.417. The van der Waals surface area contributed by atoms with Crippen LogP contribution in [0.15, 0.2) is 18.2 Å². The lowest BCUT2D eigenvalue weighted by Crippen LogP contribution is -2.11. The standard InChI is InChI=1S/C12H17NO5/c1-16-5-6-17-7-8-18-10-4-2-3-9(11(10)13)12(14)15/h2-4H,5-8,13H2,1H3,(H,14,15). The summed E-state index contributed by atoms with van der Waals surface area (Å²) in [6.45, 7) is 1.71. The van der Waals surface area contributed by atoms with Gasteiger partial charge in [-0.2, -0.15) is 0 Å². The molecule has 1 aromatic rings. The maximum Gasteiger partial charge on any atom is 0.337 e. The summed E-state index contributed by atoms with van der Waals surface area (Å²) in [5.41, 5.74) is 5.84. The highest BCUT2D eigenvalue weighted by atomic mass is 16.5. The number of methoxy groups -OCH3 is 1. The highest BCUT2D eigenvalue weighted by Gasteiger charge is 2.11. The molecule has 0 atom stereocenters. The summed E-state index contributed by atoms with van der Waals surface area (Å²) in [6, 6.07) is 4.64. The maximum absolute atomic E-state index is 10.8. The van der Waals surface area contributed by atoms with E-state index in [0.717, 1.165) is 0 Å². The van der Waals surface area contributed by atoms with Crippen LogP contribution < -0.4 is 10.5 Å².